The van der Waals surface area contributed by atoms with E-state index in [0.717, 1.165) is 17.0 Å². The lowest BCUT2D eigenvalue weighted by Crippen LogP contribution is -2.10. The first-order valence-corrected chi connectivity index (χ1v) is 3.76. The van der Waals surface area contributed by atoms with E-state index in [1.54, 1.807) is 6.19 Å². The van der Waals surface area contributed by atoms with E-state index in [-0.39, 0.29) is 11.4 Å². The van der Waals surface area contributed by atoms with Gasteiger partial charge in [0.15, 0.2) is 23.6 Å². The molecule has 0 atom stereocenters. The van der Waals surface area contributed by atoms with Crippen molar-refractivity contribution in [1.29, 1.82) is 5.26 Å². The number of anilines is 1. The fourth-order valence-electron chi connectivity index (χ4n) is 0.985. The van der Waals surface area contributed by atoms with E-state index in [9.17, 15) is 8.78 Å². The average molecular weight is 198 g/mol. The summed E-state index contributed by atoms with van der Waals surface area (Å²) in [5.41, 5.74) is -0.120. The number of benzene rings is 1. The highest BCUT2D eigenvalue weighted by Gasteiger charge is 2.12. The average Bonchev–Trinajstić information content (AvgIpc) is 2.19. The van der Waals surface area contributed by atoms with E-state index in [1.807, 2.05) is 0 Å². The maximum Gasteiger partial charge on any atom is 0.184 e. The van der Waals surface area contributed by atoms with Crippen molar-refractivity contribution in [3.8, 4) is 11.9 Å². The fourth-order valence-corrected chi connectivity index (χ4v) is 0.985. The standard InChI is InChI=1S/C9H8F2N2O/c1-13(5-12)8-3-7(11)9(14-2)4-6(8)10/h3-4H,1-2H3. The number of ether oxygens (including phenoxy) is 1. The van der Waals surface area contributed by atoms with Crippen LogP contribution in [0.5, 0.6) is 5.75 Å². The van der Waals surface area contributed by atoms with Crippen LogP contribution < -0.4 is 9.64 Å². The Hall–Kier alpha value is -1.83. The van der Waals surface area contributed by atoms with Crippen LogP contribution in [-0.2, 0) is 0 Å². The molecule has 74 valence electrons. The Balaban J connectivity index is 3.23. The highest BCUT2D eigenvalue weighted by atomic mass is 19.1. The molecule has 0 aromatic heterocycles. The Bertz CT molecular complexity index is 387. The Labute approximate surface area is 80.1 Å². The molecule has 0 amide bonds. The van der Waals surface area contributed by atoms with E-state index in [4.69, 9.17) is 5.26 Å². The molecular weight excluding hydrogens is 190 g/mol. The van der Waals surface area contributed by atoms with Crippen molar-refractivity contribution in [2.24, 2.45) is 0 Å². The smallest absolute Gasteiger partial charge is 0.184 e. The number of hydrogen-bond donors (Lipinski definition) is 0. The molecule has 0 fully saturated rings. The normalized spacial score (nSPS) is 9.36. The summed E-state index contributed by atoms with van der Waals surface area (Å²) >= 11 is 0. The lowest BCUT2D eigenvalue weighted by atomic mass is 10.2. The van der Waals surface area contributed by atoms with Crippen LogP contribution in [0.3, 0.4) is 0 Å². The Morgan fingerprint density at radius 2 is 2.00 bits per heavy atom. The zero-order valence-corrected chi connectivity index (χ0v) is 7.71. The first-order valence-electron chi connectivity index (χ1n) is 3.76. The van der Waals surface area contributed by atoms with Crippen LogP contribution in [0.4, 0.5) is 14.5 Å². The van der Waals surface area contributed by atoms with Crippen LogP contribution in [0, 0.1) is 23.1 Å². The van der Waals surface area contributed by atoms with Crippen LogP contribution >= 0.6 is 0 Å². The summed E-state index contributed by atoms with van der Waals surface area (Å²) < 4.78 is 30.9. The molecule has 0 unspecified atom stereocenters. The number of nitrogens with zero attached hydrogens (tertiary/aromatic N) is 2. The van der Waals surface area contributed by atoms with E-state index in [1.165, 1.54) is 14.2 Å². The zero-order chi connectivity index (χ0) is 10.7. The molecule has 0 aliphatic rings. The minimum atomic E-state index is -0.703. The number of hydrogen-bond acceptors (Lipinski definition) is 3. The summed E-state index contributed by atoms with van der Waals surface area (Å²) in [4.78, 5) is 0.928. The van der Waals surface area contributed by atoms with Crippen molar-refractivity contribution in [3.63, 3.8) is 0 Å². The van der Waals surface area contributed by atoms with Crippen molar-refractivity contribution in [1.82, 2.24) is 0 Å². The summed E-state index contributed by atoms with van der Waals surface area (Å²) in [6, 6.07) is 1.82. The van der Waals surface area contributed by atoms with Crippen molar-refractivity contribution in [3.05, 3.63) is 23.8 Å². The fraction of sp³-hybridized carbons (Fsp3) is 0.222. The zero-order valence-electron chi connectivity index (χ0n) is 7.71. The molecule has 0 bridgehead atoms. The molecule has 0 heterocycles. The first kappa shape index (κ1) is 10.3. The molecule has 1 aromatic carbocycles. The van der Waals surface area contributed by atoms with E-state index < -0.39 is 11.6 Å². The minimum absolute atomic E-state index is 0.120. The second-order valence-electron chi connectivity index (χ2n) is 2.60. The summed E-state index contributed by atoms with van der Waals surface area (Å²) in [7, 11) is 2.58. The summed E-state index contributed by atoms with van der Waals surface area (Å²) in [5, 5.41) is 8.49. The minimum Gasteiger partial charge on any atom is -0.494 e. The maximum atomic E-state index is 13.2. The molecule has 0 aliphatic heterocycles. The molecule has 0 radical (unpaired) electrons. The predicted molar refractivity (Wildman–Crippen MR) is 46.9 cm³/mol. The maximum absolute atomic E-state index is 13.2. The number of nitriles is 1. The van der Waals surface area contributed by atoms with Gasteiger partial charge >= 0.3 is 0 Å². The summed E-state index contributed by atoms with van der Waals surface area (Å²) in [6.45, 7) is 0. The molecular formula is C9H8F2N2O. The Kier molecular flexibility index (Phi) is 2.87. The van der Waals surface area contributed by atoms with Crippen molar-refractivity contribution in [2.75, 3.05) is 19.1 Å². The van der Waals surface area contributed by atoms with Crippen LogP contribution in [-0.4, -0.2) is 14.2 Å². The predicted octanol–water partition coefficient (Wildman–Crippen LogP) is 1.89. The molecule has 0 saturated heterocycles. The molecule has 0 N–H and O–H groups in total. The largest absolute Gasteiger partial charge is 0.494 e. The molecule has 5 heteroatoms. The SMILES string of the molecule is COc1cc(F)c(N(C)C#N)cc1F. The second kappa shape index (κ2) is 3.92. The first-order chi connectivity index (χ1) is 6.60. The van der Waals surface area contributed by atoms with Gasteiger partial charge in [-0.3, -0.25) is 4.90 Å². The monoisotopic (exact) mass is 198 g/mol. The van der Waals surface area contributed by atoms with Gasteiger partial charge in [0, 0.05) is 19.2 Å². The number of rotatable bonds is 2. The quantitative estimate of drug-likeness (QED) is 0.537. The van der Waals surface area contributed by atoms with Gasteiger partial charge in [-0.05, 0) is 0 Å². The third-order valence-corrected chi connectivity index (χ3v) is 1.73. The van der Waals surface area contributed by atoms with Gasteiger partial charge in [-0.1, -0.05) is 0 Å². The molecule has 0 aliphatic carbocycles. The van der Waals surface area contributed by atoms with Gasteiger partial charge in [-0.2, -0.15) is 5.26 Å². The molecule has 3 nitrogen and oxygen atoms in total. The van der Waals surface area contributed by atoms with Gasteiger partial charge < -0.3 is 4.74 Å². The van der Waals surface area contributed by atoms with E-state index >= 15 is 0 Å². The Morgan fingerprint density at radius 1 is 1.36 bits per heavy atom. The van der Waals surface area contributed by atoms with Crippen molar-refractivity contribution in [2.45, 2.75) is 0 Å². The van der Waals surface area contributed by atoms with E-state index in [2.05, 4.69) is 4.74 Å². The van der Waals surface area contributed by atoms with Crippen molar-refractivity contribution >= 4 is 5.69 Å². The molecule has 14 heavy (non-hydrogen) atoms. The van der Waals surface area contributed by atoms with Gasteiger partial charge in [0.1, 0.15) is 0 Å². The van der Waals surface area contributed by atoms with Crippen LogP contribution in [0.15, 0.2) is 12.1 Å². The second-order valence-corrected chi connectivity index (χ2v) is 2.60. The third-order valence-electron chi connectivity index (χ3n) is 1.73. The molecule has 0 spiro atoms. The van der Waals surface area contributed by atoms with Gasteiger partial charge in [-0.15, -0.1) is 0 Å². The van der Waals surface area contributed by atoms with E-state index in [0.29, 0.717) is 0 Å². The molecule has 1 aromatic rings. The number of halogens is 2. The third kappa shape index (κ3) is 1.74. The topological polar surface area (TPSA) is 36.3 Å². The van der Waals surface area contributed by atoms with Gasteiger partial charge in [0.2, 0.25) is 0 Å². The van der Waals surface area contributed by atoms with Crippen LogP contribution in [0.2, 0.25) is 0 Å². The molecule has 1 rings (SSSR count). The summed E-state index contributed by atoms with van der Waals surface area (Å²) in [5.74, 6) is -1.59. The van der Waals surface area contributed by atoms with Gasteiger partial charge in [0.05, 0.1) is 12.8 Å². The highest BCUT2D eigenvalue weighted by Crippen LogP contribution is 2.26. The number of methoxy groups -OCH3 is 1. The highest BCUT2D eigenvalue weighted by molar-refractivity contribution is 5.53. The summed E-state index contributed by atoms with van der Waals surface area (Å²) in [6.07, 6.45) is 1.67. The van der Waals surface area contributed by atoms with Crippen LogP contribution in [0.25, 0.3) is 0 Å². The van der Waals surface area contributed by atoms with Crippen LogP contribution in [0.1, 0.15) is 0 Å². The van der Waals surface area contributed by atoms with Crippen molar-refractivity contribution < 1.29 is 13.5 Å². The lowest BCUT2D eigenvalue weighted by molar-refractivity contribution is 0.383. The molecule has 0 saturated carbocycles. The van der Waals surface area contributed by atoms with Gasteiger partial charge in [0.25, 0.3) is 0 Å². The van der Waals surface area contributed by atoms with Gasteiger partial charge in [-0.25, -0.2) is 8.78 Å². The Morgan fingerprint density at radius 3 is 2.50 bits per heavy atom. The lowest BCUT2D eigenvalue weighted by Gasteiger charge is -2.11.